The Morgan fingerprint density at radius 2 is 1.53 bits per heavy atom. The molecule has 0 fully saturated rings. The van der Waals surface area contributed by atoms with Gasteiger partial charge in [0.25, 0.3) is 0 Å². The molecule has 0 radical (unpaired) electrons. The van der Waals surface area contributed by atoms with E-state index in [0.717, 1.165) is 5.56 Å². The molecular weight excluding hydrogens is 428 g/mol. The second-order valence-corrected chi connectivity index (χ2v) is 7.77. The van der Waals surface area contributed by atoms with Crippen molar-refractivity contribution < 1.29 is 19.1 Å². The fourth-order valence-electron chi connectivity index (χ4n) is 3.96. The van der Waals surface area contributed by atoms with Crippen LogP contribution in [0.25, 0.3) is 0 Å². The van der Waals surface area contributed by atoms with Gasteiger partial charge >= 0.3 is 5.97 Å². The van der Waals surface area contributed by atoms with Crippen molar-refractivity contribution in [3.8, 4) is 5.75 Å². The van der Waals surface area contributed by atoms with E-state index in [1.807, 2.05) is 72.8 Å². The van der Waals surface area contributed by atoms with E-state index < -0.39 is 12.2 Å². The van der Waals surface area contributed by atoms with Gasteiger partial charge in [-0.3, -0.25) is 10.2 Å². The van der Waals surface area contributed by atoms with Crippen molar-refractivity contribution in [2.24, 2.45) is 0 Å². The summed E-state index contributed by atoms with van der Waals surface area (Å²) in [6.45, 7) is 0. The van der Waals surface area contributed by atoms with Crippen LogP contribution in [0.2, 0.25) is 0 Å². The number of nitrogens with one attached hydrogen (secondary N) is 1. The van der Waals surface area contributed by atoms with Gasteiger partial charge in [0.2, 0.25) is 6.23 Å². The van der Waals surface area contributed by atoms with E-state index in [0.29, 0.717) is 33.8 Å². The fraction of sp³-hybridized carbons (Fsp3) is 0.0714. The standard InChI is InChI=1S/C28H22N2O4/c1-33-21-17-15-20(16-18-21)27-30(25-14-8-6-12-23(25)28(32)34-27)29-24-13-7-5-11-22(24)26(31)19-9-3-2-4-10-19/h2-18,27,29H,1H3. The summed E-state index contributed by atoms with van der Waals surface area (Å²) in [6, 6.07) is 31.0. The summed E-state index contributed by atoms with van der Waals surface area (Å²) in [5.74, 6) is 0.180. The molecule has 1 aliphatic rings. The molecule has 4 aromatic carbocycles. The zero-order valence-corrected chi connectivity index (χ0v) is 18.5. The third-order valence-electron chi connectivity index (χ3n) is 5.69. The first kappa shape index (κ1) is 21.3. The van der Waals surface area contributed by atoms with E-state index >= 15 is 0 Å². The molecule has 0 saturated carbocycles. The third kappa shape index (κ3) is 3.97. The maximum atomic E-state index is 13.3. The normalized spacial score (nSPS) is 14.7. The van der Waals surface area contributed by atoms with Gasteiger partial charge in [-0.25, -0.2) is 9.80 Å². The number of carbonyl (C=O) groups is 2. The van der Waals surface area contributed by atoms with Gasteiger partial charge in [0.05, 0.1) is 24.0 Å². The molecule has 1 N–H and O–H groups in total. The first-order valence-electron chi connectivity index (χ1n) is 10.8. The van der Waals surface area contributed by atoms with Crippen LogP contribution >= 0.6 is 0 Å². The van der Waals surface area contributed by atoms with Gasteiger partial charge in [-0.05, 0) is 48.5 Å². The van der Waals surface area contributed by atoms with Crippen molar-refractivity contribution in [3.05, 3.63) is 125 Å². The monoisotopic (exact) mass is 450 g/mol. The number of methoxy groups -OCH3 is 1. The van der Waals surface area contributed by atoms with E-state index in [2.05, 4.69) is 5.43 Å². The summed E-state index contributed by atoms with van der Waals surface area (Å²) in [5.41, 5.74) is 6.90. The molecular formula is C28H22N2O4. The van der Waals surface area contributed by atoms with Crippen LogP contribution < -0.4 is 15.2 Å². The molecule has 34 heavy (non-hydrogen) atoms. The quantitative estimate of drug-likeness (QED) is 0.303. The summed E-state index contributed by atoms with van der Waals surface area (Å²) < 4.78 is 11.1. The van der Waals surface area contributed by atoms with Crippen LogP contribution in [0, 0.1) is 0 Å². The Morgan fingerprint density at radius 3 is 2.29 bits per heavy atom. The molecule has 1 heterocycles. The Bertz CT molecular complexity index is 1340. The molecule has 6 heteroatoms. The Morgan fingerprint density at radius 1 is 0.853 bits per heavy atom. The predicted molar refractivity (Wildman–Crippen MR) is 130 cm³/mol. The minimum atomic E-state index is -0.756. The van der Waals surface area contributed by atoms with Crippen LogP contribution in [0.4, 0.5) is 11.4 Å². The largest absolute Gasteiger partial charge is 0.497 e. The van der Waals surface area contributed by atoms with Gasteiger partial charge in [-0.15, -0.1) is 0 Å². The second-order valence-electron chi connectivity index (χ2n) is 7.77. The number of ketones is 1. The fourth-order valence-corrected chi connectivity index (χ4v) is 3.96. The van der Waals surface area contributed by atoms with Crippen LogP contribution in [0.5, 0.6) is 5.75 Å². The van der Waals surface area contributed by atoms with E-state index in [1.165, 1.54) is 0 Å². The third-order valence-corrected chi connectivity index (χ3v) is 5.69. The predicted octanol–water partition coefficient (Wildman–Crippen LogP) is 5.63. The molecule has 4 aromatic rings. The van der Waals surface area contributed by atoms with Gasteiger partial charge in [-0.1, -0.05) is 54.6 Å². The minimum absolute atomic E-state index is 0.105. The highest BCUT2D eigenvalue weighted by molar-refractivity contribution is 6.12. The number of anilines is 2. The smallest absolute Gasteiger partial charge is 0.342 e. The lowest BCUT2D eigenvalue weighted by Gasteiger charge is -2.38. The van der Waals surface area contributed by atoms with E-state index in [-0.39, 0.29) is 5.78 Å². The molecule has 1 aliphatic heterocycles. The maximum absolute atomic E-state index is 13.3. The number of para-hydroxylation sites is 2. The zero-order valence-electron chi connectivity index (χ0n) is 18.5. The number of fused-ring (bicyclic) bond motifs is 1. The van der Waals surface area contributed by atoms with Crippen LogP contribution in [0.15, 0.2) is 103 Å². The molecule has 0 spiro atoms. The molecule has 1 unspecified atom stereocenters. The SMILES string of the molecule is COc1ccc(C2OC(=O)c3ccccc3N2Nc2ccccc2C(=O)c2ccccc2)cc1. The number of hydrazine groups is 1. The maximum Gasteiger partial charge on any atom is 0.342 e. The Labute approximate surface area is 197 Å². The number of carbonyl (C=O) groups excluding carboxylic acids is 2. The second kappa shape index (κ2) is 9.11. The van der Waals surface area contributed by atoms with Crippen molar-refractivity contribution >= 4 is 23.1 Å². The molecule has 168 valence electrons. The van der Waals surface area contributed by atoms with Gasteiger partial charge in [0, 0.05) is 16.7 Å². The number of rotatable bonds is 6. The zero-order chi connectivity index (χ0) is 23.5. The van der Waals surface area contributed by atoms with Crippen LogP contribution in [-0.2, 0) is 4.74 Å². The van der Waals surface area contributed by atoms with E-state index in [1.54, 1.807) is 42.5 Å². The minimum Gasteiger partial charge on any atom is -0.497 e. The van der Waals surface area contributed by atoms with E-state index in [4.69, 9.17) is 9.47 Å². The highest BCUT2D eigenvalue weighted by Gasteiger charge is 2.34. The van der Waals surface area contributed by atoms with Crippen molar-refractivity contribution in [3.63, 3.8) is 0 Å². The summed E-state index contributed by atoms with van der Waals surface area (Å²) in [4.78, 5) is 26.1. The van der Waals surface area contributed by atoms with Gasteiger partial charge < -0.3 is 9.47 Å². The molecule has 0 saturated heterocycles. The molecule has 0 aromatic heterocycles. The Balaban J connectivity index is 1.57. The lowest BCUT2D eigenvalue weighted by atomic mass is 10.0. The highest BCUT2D eigenvalue weighted by Crippen LogP contribution is 2.38. The number of hydrogen-bond donors (Lipinski definition) is 1. The average molecular weight is 450 g/mol. The Kier molecular flexibility index (Phi) is 5.70. The average Bonchev–Trinajstić information content (AvgIpc) is 2.90. The van der Waals surface area contributed by atoms with Gasteiger partial charge in [0.1, 0.15) is 5.75 Å². The van der Waals surface area contributed by atoms with Crippen molar-refractivity contribution in [2.45, 2.75) is 6.23 Å². The Hall–Kier alpha value is -4.58. The summed E-state index contributed by atoms with van der Waals surface area (Å²) in [5, 5.41) is 1.77. The first-order chi connectivity index (χ1) is 16.7. The molecule has 5 rings (SSSR count). The number of hydrogen-bond acceptors (Lipinski definition) is 6. The van der Waals surface area contributed by atoms with Crippen LogP contribution in [0.3, 0.4) is 0 Å². The van der Waals surface area contributed by atoms with Crippen molar-refractivity contribution in [2.75, 3.05) is 17.5 Å². The number of cyclic esters (lactones) is 1. The number of nitrogens with zero attached hydrogens (tertiary/aromatic N) is 1. The molecule has 6 nitrogen and oxygen atoms in total. The number of esters is 1. The molecule has 1 atom stereocenters. The van der Waals surface area contributed by atoms with Crippen molar-refractivity contribution in [1.29, 1.82) is 0 Å². The highest BCUT2D eigenvalue weighted by atomic mass is 16.6. The summed E-state index contributed by atoms with van der Waals surface area (Å²) >= 11 is 0. The van der Waals surface area contributed by atoms with Gasteiger partial charge in [-0.2, -0.15) is 0 Å². The number of ether oxygens (including phenoxy) is 2. The van der Waals surface area contributed by atoms with Crippen molar-refractivity contribution in [1.82, 2.24) is 0 Å². The molecule has 0 amide bonds. The van der Waals surface area contributed by atoms with Crippen LogP contribution in [-0.4, -0.2) is 18.9 Å². The van der Waals surface area contributed by atoms with Crippen LogP contribution in [0.1, 0.15) is 38.1 Å². The first-order valence-corrected chi connectivity index (χ1v) is 10.8. The molecule has 0 bridgehead atoms. The number of benzene rings is 4. The van der Waals surface area contributed by atoms with Gasteiger partial charge in [0.15, 0.2) is 5.78 Å². The van der Waals surface area contributed by atoms with E-state index in [9.17, 15) is 9.59 Å². The lowest BCUT2D eigenvalue weighted by Crippen LogP contribution is -2.41. The topological polar surface area (TPSA) is 67.9 Å². The lowest BCUT2D eigenvalue weighted by molar-refractivity contribution is 0.0262. The summed E-state index contributed by atoms with van der Waals surface area (Å²) in [6.07, 6.45) is -0.756. The summed E-state index contributed by atoms with van der Waals surface area (Å²) in [7, 11) is 1.60. The molecule has 0 aliphatic carbocycles.